The van der Waals surface area contributed by atoms with E-state index in [9.17, 15) is 0 Å². The predicted octanol–water partition coefficient (Wildman–Crippen LogP) is 4.83. The molecule has 6 nitrogen and oxygen atoms in total. The molecule has 0 atom stereocenters. The van der Waals surface area contributed by atoms with Crippen molar-refractivity contribution in [3.63, 3.8) is 0 Å². The van der Waals surface area contributed by atoms with Crippen molar-refractivity contribution in [2.75, 3.05) is 19.5 Å². The van der Waals surface area contributed by atoms with Crippen molar-refractivity contribution in [2.24, 2.45) is 0 Å². The number of benzene rings is 1. The summed E-state index contributed by atoms with van der Waals surface area (Å²) in [5.74, 6) is 2.04. The van der Waals surface area contributed by atoms with Gasteiger partial charge in [-0.3, -0.25) is 0 Å². The molecule has 0 amide bonds. The van der Waals surface area contributed by atoms with Gasteiger partial charge in [0, 0.05) is 18.5 Å². The van der Waals surface area contributed by atoms with Gasteiger partial charge < -0.3 is 15.0 Å². The number of anilines is 1. The van der Waals surface area contributed by atoms with E-state index < -0.39 is 0 Å². The molecule has 0 radical (unpaired) electrons. The van der Waals surface area contributed by atoms with Crippen LogP contribution in [0.2, 0.25) is 0 Å². The van der Waals surface area contributed by atoms with Crippen molar-refractivity contribution in [3.8, 4) is 0 Å². The van der Waals surface area contributed by atoms with Crippen LogP contribution in [0.1, 0.15) is 35.5 Å². The maximum atomic E-state index is 6.41. The van der Waals surface area contributed by atoms with Crippen molar-refractivity contribution >= 4 is 50.2 Å². The topological polar surface area (TPSA) is 78.9 Å². The highest BCUT2D eigenvalue weighted by Gasteiger charge is 2.20. The molecule has 0 unspecified atom stereocenters. The van der Waals surface area contributed by atoms with Crippen LogP contribution in [-0.2, 0) is 29.9 Å². The zero-order chi connectivity index (χ0) is 20.5. The number of para-hydroxylation sites is 2. The van der Waals surface area contributed by atoms with Crippen LogP contribution in [0, 0.1) is 0 Å². The predicted molar refractivity (Wildman–Crippen MR) is 124 cm³/mol. The first-order valence-corrected chi connectivity index (χ1v) is 12.2. The number of nitrogen functional groups attached to an aromatic ring is 1. The summed E-state index contributed by atoms with van der Waals surface area (Å²) in [6.07, 6.45) is 6.02. The summed E-state index contributed by atoms with van der Waals surface area (Å²) >= 11 is 3.46. The fourth-order valence-electron chi connectivity index (χ4n) is 4.16. The largest absolute Gasteiger partial charge is 0.383 e. The molecular weight excluding hydrogens is 414 g/mol. The lowest BCUT2D eigenvalue weighted by Crippen LogP contribution is -2.06. The number of thiophene rings is 1. The van der Waals surface area contributed by atoms with E-state index in [1.165, 1.54) is 29.7 Å². The second-order valence-corrected chi connectivity index (χ2v) is 9.61. The van der Waals surface area contributed by atoms with Gasteiger partial charge in [-0.05, 0) is 43.4 Å². The SMILES string of the molecule is COCCn1c(SCc2nc(N)c3c4c(sc3n2)CCCCC4)nc2ccccc21. The summed E-state index contributed by atoms with van der Waals surface area (Å²) in [5, 5.41) is 2.05. The van der Waals surface area contributed by atoms with Gasteiger partial charge in [-0.1, -0.05) is 30.3 Å². The summed E-state index contributed by atoms with van der Waals surface area (Å²) < 4.78 is 7.50. The molecular formula is C22H25N5OS2. The Hall–Kier alpha value is -2.16. The molecule has 1 aliphatic rings. The van der Waals surface area contributed by atoms with E-state index in [0.29, 0.717) is 18.2 Å². The number of thioether (sulfide) groups is 1. The number of methoxy groups -OCH3 is 1. The molecule has 0 saturated heterocycles. The molecule has 5 rings (SSSR count). The molecule has 0 bridgehead atoms. The summed E-state index contributed by atoms with van der Waals surface area (Å²) in [5.41, 5.74) is 9.92. The Labute approximate surface area is 183 Å². The molecule has 0 aliphatic heterocycles. The quantitative estimate of drug-likeness (QED) is 0.342. The number of hydrogen-bond donors (Lipinski definition) is 1. The Morgan fingerprint density at radius 2 is 2.00 bits per heavy atom. The van der Waals surface area contributed by atoms with Crippen LogP contribution >= 0.6 is 23.1 Å². The van der Waals surface area contributed by atoms with Gasteiger partial charge >= 0.3 is 0 Å². The third-order valence-corrected chi connectivity index (χ3v) is 7.77. The van der Waals surface area contributed by atoms with Crippen molar-refractivity contribution in [3.05, 3.63) is 40.5 Å². The number of hydrogen-bond acceptors (Lipinski definition) is 7. The highest BCUT2D eigenvalue weighted by Crippen LogP contribution is 2.37. The molecule has 156 valence electrons. The monoisotopic (exact) mass is 439 g/mol. The lowest BCUT2D eigenvalue weighted by molar-refractivity contribution is 0.186. The van der Waals surface area contributed by atoms with Crippen LogP contribution in [0.4, 0.5) is 5.82 Å². The van der Waals surface area contributed by atoms with Gasteiger partial charge in [-0.2, -0.15) is 0 Å². The number of fused-ring (bicyclic) bond motifs is 4. The maximum Gasteiger partial charge on any atom is 0.169 e. The first-order valence-electron chi connectivity index (χ1n) is 10.4. The molecule has 3 aromatic heterocycles. The fraction of sp³-hybridized carbons (Fsp3) is 0.409. The van der Waals surface area contributed by atoms with Gasteiger partial charge in [0.1, 0.15) is 16.5 Å². The summed E-state index contributed by atoms with van der Waals surface area (Å²) in [4.78, 5) is 16.8. The first-order chi connectivity index (χ1) is 14.7. The minimum atomic E-state index is 0.628. The van der Waals surface area contributed by atoms with Gasteiger partial charge in [-0.25, -0.2) is 15.0 Å². The molecule has 0 fully saturated rings. The van der Waals surface area contributed by atoms with E-state index >= 15 is 0 Å². The Bertz CT molecular complexity index is 1200. The Morgan fingerprint density at radius 1 is 1.13 bits per heavy atom. The van der Waals surface area contributed by atoms with Crippen LogP contribution in [0.5, 0.6) is 0 Å². The van der Waals surface area contributed by atoms with Gasteiger partial charge in [0.15, 0.2) is 5.16 Å². The van der Waals surface area contributed by atoms with Crippen molar-refractivity contribution < 1.29 is 4.74 Å². The minimum Gasteiger partial charge on any atom is -0.383 e. The van der Waals surface area contributed by atoms with E-state index in [2.05, 4.69) is 15.6 Å². The third kappa shape index (κ3) is 3.68. The first kappa shape index (κ1) is 19.8. The highest BCUT2D eigenvalue weighted by atomic mass is 32.2. The van der Waals surface area contributed by atoms with Crippen LogP contribution in [0.25, 0.3) is 21.3 Å². The maximum absolute atomic E-state index is 6.41. The summed E-state index contributed by atoms with van der Waals surface area (Å²) in [6, 6.07) is 8.20. The smallest absolute Gasteiger partial charge is 0.169 e. The number of imidazole rings is 1. The fourth-order valence-corrected chi connectivity index (χ4v) is 6.35. The van der Waals surface area contributed by atoms with Crippen LogP contribution in [0.15, 0.2) is 29.4 Å². The number of ether oxygens (including phenoxy) is 1. The molecule has 1 aliphatic carbocycles. The number of nitrogens with two attached hydrogens (primary N) is 1. The Morgan fingerprint density at radius 3 is 2.90 bits per heavy atom. The second kappa shape index (κ2) is 8.53. The minimum absolute atomic E-state index is 0.628. The zero-order valence-corrected chi connectivity index (χ0v) is 18.7. The Balaban J connectivity index is 1.44. The van der Waals surface area contributed by atoms with E-state index in [1.54, 1.807) is 30.2 Å². The lowest BCUT2D eigenvalue weighted by atomic mass is 10.1. The molecule has 1 aromatic carbocycles. The van der Waals surface area contributed by atoms with Gasteiger partial charge in [-0.15, -0.1) is 11.3 Å². The van der Waals surface area contributed by atoms with Gasteiger partial charge in [0.05, 0.1) is 28.8 Å². The van der Waals surface area contributed by atoms with Crippen molar-refractivity contribution in [1.29, 1.82) is 0 Å². The van der Waals surface area contributed by atoms with Gasteiger partial charge in [0.2, 0.25) is 0 Å². The molecule has 2 N–H and O–H groups in total. The standard InChI is InChI=1S/C22H25N5OS2/c1-28-12-11-27-16-9-6-5-8-15(16)24-22(27)29-13-18-25-20(23)19-14-7-3-2-4-10-17(14)30-21(19)26-18/h5-6,8-9H,2-4,7,10-13H2,1H3,(H2,23,25,26). The number of rotatable bonds is 6. The summed E-state index contributed by atoms with van der Waals surface area (Å²) in [7, 11) is 1.72. The Kier molecular flexibility index (Phi) is 5.62. The molecule has 8 heteroatoms. The molecule has 4 aromatic rings. The molecule has 0 spiro atoms. The normalized spacial score (nSPS) is 14.3. The van der Waals surface area contributed by atoms with Gasteiger partial charge in [0.25, 0.3) is 0 Å². The van der Waals surface area contributed by atoms with E-state index in [0.717, 1.165) is 51.6 Å². The second-order valence-electron chi connectivity index (χ2n) is 7.59. The zero-order valence-electron chi connectivity index (χ0n) is 17.1. The number of nitrogens with zero attached hydrogens (tertiary/aromatic N) is 4. The van der Waals surface area contributed by atoms with E-state index in [1.807, 2.05) is 18.2 Å². The van der Waals surface area contributed by atoms with Crippen LogP contribution < -0.4 is 5.73 Å². The molecule has 0 saturated carbocycles. The molecule has 30 heavy (non-hydrogen) atoms. The highest BCUT2D eigenvalue weighted by molar-refractivity contribution is 7.98. The van der Waals surface area contributed by atoms with Crippen molar-refractivity contribution in [1.82, 2.24) is 19.5 Å². The average molecular weight is 440 g/mol. The van der Waals surface area contributed by atoms with Crippen LogP contribution in [0.3, 0.4) is 0 Å². The number of aryl methyl sites for hydroxylation is 2. The number of aromatic nitrogens is 4. The van der Waals surface area contributed by atoms with E-state index in [4.69, 9.17) is 20.4 Å². The average Bonchev–Trinajstić information content (AvgIpc) is 3.19. The lowest BCUT2D eigenvalue weighted by Gasteiger charge is -2.08. The third-order valence-electron chi connectivity index (χ3n) is 5.61. The summed E-state index contributed by atoms with van der Waals surface area (Å²) in [6.45, 7) is 1.41. The van der Waals surface area contributed by atoms with E-state index in [-0.39, 0.29) is 0 Å². The molecule has 3 heterocycles. The van der Waals surface area contributed by atoms with Crippen molar-refractivity contribution in [2.45, 2.75) is 49.6 Å². The van der Waals surface area contributed by atoms with Crippen LogP contribution in [-0.4, -0.2) is 33.2 Å².